The van der Waals surface area contributed by atoms with E-state index in [2.05, 4.69) is 0 Å². The predicted octanol–water partition coefficient (Wildman–Crippen LogP) is 5.55. The Morgan fingerprint density at radius 2 is 1.00 bits per heavy atom. The minimum atomic E-state index is -1.27. The van der Waals surface area contributed by atoms with Crippen LogP contribution in [0.5, 0.6) is 0 Å². The lowest BCUT2D eigenvalue weighted by Crippen LogP contribution is -2.22. The Hall–Kier alpha value is -0.520. The van der Waals surface area contributed by atoms with Crippen molar-refractivity contribution in [3.05, 3.63) is 71.8 Å². The first-order chi connectivity index (χ1) is 11.9. The van der Waals surface area contributed by atoms with Crippen LogP contribution in [0.15, 0.2) is 60.7 Å². The Morgan fingerprint density at radius 3 is 1.28 bits per heavy atom. The SMILES string of the molecule is ClC1(Cl)OC1C(OC(c1ccccc1)C1OC1(Cl)Cl)c1ccccc1. The molecule has 0 aromatic heterocycles. The van der Waals surface area contributed by atoms with E-state index in [1.54, 1.807) is 0 Å². The molecule has 0 amide bonds. The highest BCUT2D eigenvalue weighted by Crippen LogP contribution is 2.57. The molecule has 25 heavy (non-hydrogen) atoms. The average Bonchev–Trinajstić information content (AvgIpc) is 3.44. The monoisotopic (exact) mass is 418 g/mol. The van der Waals surface area contributed by atoms with Crippen LogP contribution < -0.4 is 0 Å². The molecule has 0 radical (unpaired) electrons. The van der Waals surface area contributed by atoms with Gasteiger partial charge in [0, 0.05) is 0 Å². The number of hydrogen-bond acceptors (Lipinski definition) is 3. The maximum atomic E-state index is 6.35. The van der Waals surface area contributed by atoms with Crippen LogP contribution in [0, 0.1) is 0 Å². The first-order valence-electron chi connectivity index (χ1n) is 7.75. The molecule has 4 atom stereocenters. The molecule has 2 fully saturated rings. The first kappa shape index (κ1) is 17.9. The molecular weight excluding hydrogens is 406 g/mol. The zero-order valence-corrected chi connectivity index (χ0v) is 15.8. The lowest BCUT2D eigenvalue weighted by Gasteiger charge is -2.24. The molecular formula is C18H14Cl4O3. The number of rotatable bonds is 6. The third-order valence-electron chi connectivity index (χ3n) is 4.22. The van der Waals surface area contributed by atoms with Gasteiger partial charge in [0.1, 0.15) is 24.4 Å². The van der Waals surface area contributed by atoms with Crippen LogP contribution in [0.25, 0.3) is 0 Å². The highest BCUT2D eigenvalue weighted by atomic mass is 35.5. The van der Waals surface area contributed by atoms with Crippen LogP contribution >= 0.6 is 46.4 Å². The molecule has 2 aromatic carbocycles. The molecule has 2 saturated heterocycles. The smallest absolute Gasteiger partial charge is 0.247 e. The van der Waals surface area contributed by atoms with Crippen LogP contribution in [-0.2, 0) is 14.2 Å². The van der Waals surface area contributed by atoms with Crippen molar-refractivity contribution in [2.75, 3.05) is 0 Å². The van der Waals surface area contributed by atoms with E-state index in [4.69, 9.17) is 60.6 Å². The van der Waals surface area contributed by atoms with Gasteiger partial charge in [-0.15, -0.1) is 0 Å². The van der Waals surface area contributed by atoms with Gasteiger partial charge in [0.2, 0.25) is 9.04 Å². The van der Waals surface area contributed by atoms with Gasteiger partial charge >= 0.3 is 0 Å². The molecule has 0 spiro atoms. The standard InChI is InChI=1S/C18H14Cl4O3/c19-17(20)15(24-17)13(11-7-3-1-4-8-11)23-14(16-18(21,22)25-16)12-9-5-2-6-10-12/h1-10,13-16H. The van der Waals surface area contributed by atoms with Crippen LogP contribution in [0.4, 0.5) is 0 Å². The van der Waals surface area contributed by atoms with Crippen molar-refractivity contribution in [2.45, 2.75) is 33.5 Å². The molecule has 2 aliphatic heterocycles. The van der Waals surface area contributed by atoms with Crippen molar-refractivity contribution >= 4 is 46.4 Å². The van der Waals surface area contributed by atoms with E-state index in [-0.39, 0.29) is 0 Å². The van der Waals surface area contributed by atoms with Crippen molar-refractivity contribution in [3.8, 4) is 0 Å². The normalized spacial score (nSPS) is 28.2. The van der Waals surface area contributed by atoms with E-state index >= 15 is 0 Å². The largest absolute Gasteiger partial charge is 0.360 e. The molecule has 4 unspecified atom stereocenters. The van der Waals surface area contributed by atoms with Crippen molar-refractivity contribution in [1.29, 1.82) is 0 Å². The summed E-state index contributed by atoms with van der Waals surface area (Å²) in [6, 6.07) is 19.2. The Morgan fingerprint density at radius 1 is 0.680 bits per heavy atom. The number of alkyl halides is 4. The minimum absolute atomic E-state index is 0.491. The summed E-state index contributed by atoms with van der Waals surface area (Å²) in [5, 5.41) is 0. The maximum Gasteiger partial charge on any atom is 0.247 e. The summed E-state index contributed by atoms with van der Waals surface area (Å²) < 4.78 is 14.6. The van der Waals surface area contributed by atoms with Crippen molar-refractivity contribution < 1.29 is 14.2 Å². The molecule has 0 saturated carbocycles. The third kappa shape index (κ3) is 3.79. The summed E-state index contributed by atoms with van der Waals surface area (Å²) in [7, 11) is 0. The Balaban J connectivity index is 1.64. The quantitative estimate of drug-likeness (QED) is 0.454. The number of ether oxygens (including phenoxy) is 3. The average molecular weight is 420 g/mol. The molecule has 0 bridgehead atoms. The molecule has 2 heterocycles. The molecule has 3 nitrogen and oxygen atoms in total. The molecule has 0 aliphatic carbocycles. The van der Waals surface area contributed by atoms with Crippen LogP contribution in [0.2, 0.25) is 0 Å². The lowest BCUT2D eigenvalue weighted by molar-refractivity contribution is -0.0420. The summed E-state index contributed by atoms with van der Waals surface area (Å²) in [5.41, 5.74) is 1.79. The Bertz CT molecular complexity index is 675. The van der Waals surface area contributed by atoms with Gasteiger partial charge in [0.05, 0.1) is 0 Å². The van der Waals surface area contributed by atoms with Crippen molar-refractivity contribution in [3.63, 3.8) is 0 Å². The van der Waals surface area contributed by atoms with Gasteiger partial charge in [-0.1, -0.05) is 107 Å². The van der Waals surface area contributed by atoms with Gasteiger partial charge in [-0.25, -0.2) is 0 Å². The summed E-state index contributed by atoms with van der Waals surface area (Å²) >= 11 is 24.4. The van der Waals surface area contributed by atoms with Crippen LogP contribution in [0.1, 0.15) is 23.3 Å². The number of hydrogen-bond donors (Lipinski definition) is 0. The molecule has 0 N–H and O–H groups in total. The molecule has 2 aliphatic rings. The van der Waals surface area contributed by atoms with Gasteiger partial charge < -0.3 is 14.2 Å². The van der Waals surface area contributed by atoms with E-state index in [1.807, 2.05) is 60.7 Å². The van der Waals surface area contributed by atoms with Crippen LogP contribution in [-0.4, -0.2) is 21.2 Å². The topological polar surface area (TPSA) is 34.3 Å². The summed E-state index contributed by atoms with van der Waals surface area (Å²) in [6.45, 7) is 0. The molecule has 2 aromatic rings. The van der Waals surface area contributed by atoms with E-state index in [0.29, 0.717) is 0 Å². The van der Waals surface area contributed by atoms with Gasteiger partial charge in [-0.05, 0) is 11.1 Å². The first-order valence-corrected chi connectivity index (χ1v) is 9.26. The highest BCUT2D eigenvalue weighted by molar-refractivity contribution is 6.50. The fourth-order valence-corrected chi connectivity index (χ4v) is 3.68. The van der Waals surface area contributed by atoms with Gasteiger partial charge in [0.25, 0.3) is 0 Å². The lowest BCUT2D eigenvalue weighted by atomic mass is 10.0. The second-order valence-electron chi connectivity index (χ2n) is 6.00. The Kier molecular flexibility index (Phi) is 4.70. The minimum Gasteiger partial charge on any atom is -0.360 e. The van der Waals surface area contributed by atoms with Crippen molar-refractivity contribution in [2.24, 2.45) is 0 Å². The highest BCUT2D eigenvalue weighted by Gasteiger charge is 2.63. The van der Waals surface area contributed by atoms with Gasteiger partial charge in [0.15, 0.2) is 0 Å². The van der Waals surface area contributed by atoms with Gasteiger partial charge in [-0.3, -0.25) is 0 Å². The van der Waals surface area contributed by atoms with Crippen molar-refractivity contribution in [1.82, 2.24) is 0 Å². The molecule has 4 rings (SSSR count). The van der Waals surface area contributed by atoms with E-state index < -0.39 is 33.5 Å². The summed E-state index contributed by atoms with van der Waals surface area (Å²) in [5.74, 6) is 0. The van der Waals surface area contributed by atoms with E-state index in [9.17, 15) is 0 Å². The summed E-state index contributed by atoms with van der Waals surface area (Å²) in [4.78, 5) is 0. The maximum absolute atomic E-state index is 6.35. The predicted molar refractivity (Wildman–Crippen MR) is 98.1 cm³/mol. The second-order valence-corrected chi connectivity index (χ2v) is 8.63. The summed E-state index contributed by atoms with van der Waals surface area (Å²) in [6.07, 6.45) is -1.98. The van der Waals surface area contributed by atoms with Gasteiger partial charge in [-0.2, -0.15) is 0 Å². The Labute approximate surface area is 165 Å². The number of epoxide rings is 2. The molecule has 132 valence electrons. The van der Waals surface area contributed by atoms with E-state index in [0.717, 1.165) is 11.1 Å². The fourth-order valence-electron chi connectivity index (χ4n) is 2.84. The fraction of sp³-hybridized carbons (Fsp3) is 0.333. The number of halogens is 4. The van der Waals surface area contributed by atoms with Crippen LogP contribution in [0.3, 0.4) is 0 Å². The molecule has 7 heteroatoms. The zero-order chi connectivity index (χ0) is 17.7. The zero-order valence-electron chi connectivity index (χ0n) is 12.8. The third-order valence-corrected chi connectivity index (χ3v) is 5.43. The van der Waals surface area contributed by atoms with E-state index in [1.165, 1.54) is 0 Å². The second kappa shape index (κ2) is 6.58. The number of benzene rings is 2.